The summed E-state index contributed by atoms with van der Waals surface area (Å²) in [5, 5.41) is 8.65. The first-order valence-electron chi connectivity index (χ1n) is 5.34. The second kappa shape index (κ2) is 4.30. The molecule has 3 N–H and O–H groups in total. The van der Waals surface area contributed by atoms with Gasteiger partial charge in [-0.2, -0.15) is 15.2 Å². The van der Waals surface area contributed by atoms with E-state index in [-0.39, 0.29) is 24.2 Å². The number of anilines is 1. The standard InChI is InChI=1S/C11H8N6O2/c12-3-6-1-2-7(19-6)4-18-10-8-9(15-5-14-8)16-11(13)17-10/h1-2,5H,4H2,(H3,13,14,15,16,17). The van der Waals surface area contributed by atoms with Crippen LogP contribution in [0.15, 0.2) is 22.9 Å². The molecule has 0 bridgehead atoms. The van der Waals surface area contributed by atoms with Gasteiger partial charge in [0, 0.05) is 0 Å². The van der Waals surface area contributed by atoms with E-state index >= 15 is 0 Å². The Morgan fingerprint density at radius 1 is 1.42 bits per heavy atom. The molecule has 0 atom stereocenters. The maximum Gasteiger partial charge on any atom is 0.245 e. The zero-order valence-electron chi connectivity index (χ0n) is 9.62. The number of ether oxygens (including phenoxy) is 1. The summed E-state index contributed by atoms with van der Waals surface area (Å²) in [7, 11) is 0. The normalized spacial score (nSPS) is 10.5. The van der Waals surface area contributed by atoms with E-state index in [1.807, 2.05) is 6.07 Å². The summed E-state index contributed by atoms with van der Waals surface area (Å²) in [6.07, 6.45) is 1.48. The molecular formula is C11H8N6O2. The van der Waals surface area contributed by atoms with Crippen molar-refractivity contribution >= 4 is 17.1 Å². The summed E-state index contributed by atoms with van der Waals surface area (Å²) in [5.41, 5.74) is 6.54. The average Bonchev–Trinajstić information content (AvgIpc) is 3.03. The highest BCUT2D eigenvalue weighted by Gasteiger charge is 2.11. The van der Waals surface area contributed by atoms with Crippen LogP contribution in [0.5, 0.6) is 5.88 Å². The van der Waals surface area contributed by atoms with E-state index < -0.39 is 0 Å². The lowest BCUT2D eigenvalue weighted by molar-refractivity contribution is 0.262. The second-order valence-corrected chi connectivity index (χ2v) is 3.65. The number of hydrogen-bond acceptors (Lipinski definition) is 7. The smallest absolute Gasteiger partial charge is 0.245 e. The molecule has 0 aliphatic carbocycles. The van der Waals surface area contributed by atoms with Gasteiger partial charge in [0.2, 0.25) is 17.6 Å². The molecule has 19 heavy (non-hydrogen) atoms. The van der Waals surface area contributed by atoms with Gasteiger partial charge in [-0.15, -0.1) is 0 Å². The molecule has 94 valence electrons. The number of furan rings is 1. The van der Waals surface area contributed by atoms with Crippen LogP contribution in [0.3, 0.4) is 0 Å². The van der Waals surface area contributed by atoms with E-state index in [9.17, 15) is 0 Å². The number of nitrogens with zero attached hydrogens (tertiary/aromatic N) is 4. The summed E-state index contributed by atoms with van der Waals surface area (Å²) >= 11 is 0. The number of rotatable bonds is 3. The van der Waals surface area contributed by atoms with Gasteiger partial charge in [-0.3, -0.25) is 0 Å². The second-order valence-electron chi connectivity index (χ2n) is 3.65. The molecule has 0 aromatic carbocycles. The Balaban J connectivity index is 1.85. The first-order chi connectivity index (χ1) is 9.26. The van der Waals surface area contributed by atoms with Gasteiger partial charge in [-0.25, -0.2) is 4.98 Å². The van der Waals surface area contributed by atoms with Gasteiger partial charge in [0.1, 0.15) is 24.0 Å². The van der Waals surface area contributed by atoms with Crippen LogP contribution in [-0.2, 0) is 6.61 Å². The lowest BCUT2D eigenvalue weighted by Gasteiger charge is -2.04. The third kappa shape index (κ3) is 2.04. The maximum absolute atomic E-state index is 8.65. The van der Waals surface area contributed by atoms with E-state index in [1.165, 1.54) is 6.33 Å². The van der Waals surface area contributed by atoms with Crippen LogP contribution in [0.4, 0.5) is 5.95 Å². The minimum atomic E-state index is 0.0757. The third-order valence-electron chi connectivity index (χ3n) is 2.39. The van der Waals surface area contributed by atoms with Crippen molar-refractivity contribution in [2.75, 3.05) is 5.73 Å². The summed E-state index contributed by atoms with van der Waals surface area (Å²) in [5.74, 6) is 1.11. The topological polar surface area (TPSA) is 127 Å². The predicted octanol–water partition coefficient (Wildman–Crippen LogP) is 0.979. The molecule has 3 heterocycles. The molecule has 0 saturated heterocycles. The Morgan fingerprint density at radius 2 is 2.32 bits per heavy atom. The van der Waals surface area contributed by atoms with Crippen LogP contribution in [0.2, 0.25) is 0 Å². The van der Waals surface area contributed by atoms with E-state index in [1.54, 1.807) is 12.1 Å². The number of nitrogens with one attached hydrogen (secondary N) is 1. The monoisotopic (exact) mass is 256 g/mol. The summed E-state index contributed by atoms with van der Waals surface area (Å²) < 4.78 is 10.7. The van der Waals surface area contributed by atoms with Gasteiger partial charge in [0.15, 0.2) is 5.65 Å². The Kier molecular flexibility index (Phi) is 2.50. The largest absolute Gasteiger partial charge is 0.468 e. The molecule has 8 nitrogen and oxygen atoms in total. The van der Waals surface area contributed by atoms with E-state index in [4.69, 9.17) is 20.1 Å². The van der Waals surface area contributed by atoms with Crippen LogP contribution >= 0.6 is 0 Å². The van der Waals surface area contributed by atoms with Gasteiger partial charge in [0.25, 0.3) is 0 Å². The zero-order valence-corrected chi connectivity index (χ0v) is 9.62. The molecule has 0 aliphatic heterocycles. The summed E-state index contributed by atoms with van der Waals surface area (Å²) in [4.78, 5) is 14.8. The first kappa shape index (κ1) is 11.0. The highest BCUT2D eigenvalue weighted by molar-refractivity contribution is 5.76. The molecule has 0 radical (unpaired) electrons. The lowest BCUT2D eigenvalue weighted by atomic mass is 10.4. The highest BCUT2D eigenvalue weighted by atomic mass is 16.5. The van der Waals surface area contributed by atoms with Crippen molar-refractivity contribution in [3.8, 4) is 11.9 Å². The van der Waals surface area contributed by atoms with Gasteiger partial charge >= 0.3 is 0 Å². The Bertz CT molecular complexity index is 769. The fourth-order valence-corrected chi connectivity index (χ4v) is 1.58. The van der Waals surface area contributed by atoms with Crippen molar-refractivity contribution in [3.05, 3.63) is 30.0 Å². The number of nitriles is 1. The van der Waals surface area contributed by atoms with Crippen molar-refractivity contribution in [1.29, 1.82) is 5.26 Å². The molecule has 3 rings (SSSR count). The van der Waals surface area contributed by atoms with Crippen molar-refractivity contribution in [2.24, 2.45) is 0 Å². The minimum absolute atomic E-state index is 0.0757. The number of imidazole rings is 1. The number of aromatic nitrogens is 4. The summed E-state index contributed by atoms with van der Waals surface area (Å²) in [6.45, 7) is 0.131. The molecule has 8 heteroatoms. The number of H-pyrrole nitrogens is 1. The van der Waals surface area contributed by atoms with Crippen molar-refractivity contribution in [2.45, 2.75) is 6.61 Å². The Labute approximate surface area is 106 Å². The number of nitrogen functional groups attached to an aromatic ring is 1. The Morgan fingerprint density at radius 3 is 3.11 bits per heavy atom. The van der Waals surface area contributed by atoms with Gasteiger partial charge in [-0.1, -0.05) is 0 Å². The van der Waals surface area contributed by atoms with Crippen LogP contribution in [0, 0.1) is 11.3 Å². The SMILES string of the molecule is N#Cc1ccc(COc2nc(N)nc3nc[nH]c23)o1. The third-order valence-corrected chi connectivity index (χ3v) is 2.39. The molecule has 0 amide bonds. The fraction of sp³-hybridized carbons (Fsp3) is 0.0909. The highest BCUT2D eigenvalue weighted by Crippen LogP contribution is 2.21. The number of hydrogen-bond donors (Lipinski definition) is 2. The predicted molar refractivity (Wildman–Crippen MR) is 63.9 cm³/mol. The van der Waals surface area contributed by atoms with Gasteiger partial charge < -0.3 is 19.9 Å². The molecule has 0 saturated carbocycles. The van der Waals surface area contributed by atoms with Crippen LogP contribution in [0.1, 0.15) is 11.5 Å². The Hall–Kier alpha value is -3.08. The summed E-state index contributed by atoms with van der Waals surface area (Å²) in [6, 6.07) is 5.12. The number of nitrogens with two attached hydrogens (primary N) is 1. The van der Waals surface area contributed by atoms with Crippen LogP contribution in [0.25, 0.3) is 11.2 Å². The molecule has 3 aromatic heterocycles. The average molecular weight is 256 g/mol. The van der Waals surface area contributed by atoms with Crippen molar-refractivity contribution in [1.82, 2.24) is 19.9 Å². The fourth-order valence-electron chi connectivity index (χ4n) is 1.58. The first-order valence-corrected chi connectivity index (χ1v) is 5.34. The van der Waals surface area contributed by atoms with Crippen LogP contribution < -0.4 is 10.5 Å². The van der Waals surface area contributed by atoms with Crippen molar-refractivity contribution < 1.29 is 9.15 Å². The minimum Gasteiger partial charge on any atom is -0.468 e. The molecule has 0 aliphatic rings. The van der Waals surface area contributed by atoms with E-state index in [2.05, 4.69) is 19.9 Å². The van der Waals surface area contributed by atoms with Gasteiger partial charge in [-0.05, 0) is 12.1 Å². The van der Waals surface area contributed by atoms with Crippen LogP contribution in [-0.4, -0.2) is 19.9 Å². The quantitative estimate of drug-likeness (QED) is 0.714. The van der Waals surface area contributed by atoms with E-state index in [0.29, 0.717) is 16.9 Å². The zero-order chi connectivity index (χ0) is 13.2. The van der Waals surface area contributed by atoms with E-state index in [0.717, 1.165) is 0 Å². The molecule has 3 aromatic rings. The molecule has 0 fully saturated rings. The number of aromatic amines is 1. The maximum atomic E-state index is 8.65. The molecule has 0 unspecified atom stereocenters. The van der Waals surface area contributed by atoms with Gasteiger partial charge in [0.05, 0.1) is 6.33 Å². The lowest BCUT2D eigenvalue weighted by Crippen LogP contribution is -2.01. The molecular weight excluding hydrogens is 248 g/mol. The number of fused-ring (bicyclic) bond motifs is 1. The molecule has 0 spiro atoms. The van der Waals surface area contributed by atoms with Crippen molar-refractivity contribution in [3.63, 3.8) is 0 Å².